The topological polar surface area (TPSA) is 28.7 Å². The smallest absolute Gasteiger partial charge is 0.123 e. The minimum atomic E-state index is -0.232. The third-order valence-electron chi connectivity index (χ3n) is 2.52. The number of halogens is 1. The van der Waals surface area contributed by atoms with Crippen LogP contribution < -0.4 is 0 Å². The van der Waals surface area contributed by atoms with Crippen LogP contribution in [0.4, 0.5) is 4.39 Å². The third kappa shape index (κ3) is 1.46. The van der Waals surface area contributed by atoms with Crippen molar-refractivity contribution in [1.82, 2.24) is 9.97 Å². The number of hydrogen-bond donors (Lipinski definition) is 1. The van der Waals surface area contributed by atoms with Gasteiger partial charge in [0.15, 0.2) is 0 Å². The van der Waals surface area contributed by atoms with Gasteiger partial charge >= 0.3 is 0 Å². The Hall–Kier alpha value is -2.16. The van der Waals surface area contributed by atoms with Crippen LogP contribution in [0.15, 0.2) is 48.7 Å². The number of pyridine rings is 1. The predicted octanol–water partition coefficient (Wildman–Crippen LogP) is 3.37. The fourth-order valence-corrected chi connectivity index (χ4v) is 1.77. The molecule has 0 aliphatic rings. The molecule has 0 aliphatic heterocycles. The lowest BCUT2D eigenvalue weighted by Gasteiger charge is -1.96. The van der Waals surface area contributed by atoms with Gasteiger partial charge in [-0.25, -0.2) is 4.39 Å². The van der Waals surface area contributed by atoms with Gasteiger partial charge in [0.2, 0.25) is 0 Å². The zero-order chi connectivity index (χ0) is 11.0. The Balaban J connectivity index is 2.19. The number of aromatic amines is 1. The predicted molar refractivity (Wildman–Crippen MR) is 61.5 cm³/mol. The largest absolute Gasteiger partial charge is 0.353 e. The molecule has 0 radical (unpaired) electrons. The van der Waals surface area contributed by atoms with E-state index in [1.54, 1.807) is 12.3 Å². The van der Waals surface area contributed by atoms with E-state index in [-0.39, 0.29) is 5.82 Å². The summed E-state index contributed by atoms with van der Waals surface area (Å²) in [6, 6.07) is 12.2. The van der Waals surface area contributed by atoms with E-state index >= 15 is 0 Å². The third-order valence-corrected chi connectivity index (χ3v) is 2.52. The van der Waals surface area contributed by atoms with Crippen LogP contribution in [0.2, 0.25) is 0 Å². The van der Waals surface area contributed by atoms with Gasteiger partial charge in [0.25, 0.3) is 0 Å². The maximum Gasteiger partial charge on any atom is 0.123 e. The van der Waals surface area contributed by atoms with Gasteiger partial charge < -0.3 is 4.98 Å². The van der Waals surface area contributed by atoms with Crippen LogP contribution in [0.3, 0.4) is 0 Å². The maximum absolute atomic E-state index is 13.1. The molecule has 0 saturated heterocycles. The summed E-state index contributed by atoms with van der Waals surface area (Å²) in [6.07, 6.45) is 1.74. The molecular formula is C13H9FN2. The van der Waals surface area contributed by atoms with Crippen LogP contribution in [0.25, 0.3) is 22.3 Å². The van der Waals surface area contributed by atoms with Crippen LogP contribution in [-0.2, 0) is 0 Å². The number of hydrogen-bond acceptors (Lipinski definition) is 1. The molecular weight excluding hydrogens is 203 g/mol. The number of fused-ring (bicyclic) bond motifs is 1. The molecule has 0 fully saturated rings. The Morgan fingerprint density at radius 1 is 1.06 bits per heavy atom. The van der Waals surface area contributed by atoms with Gasteiger partial charge in [-0.1, -0.05) is 12.1 Å². The van der Waals surface area contributed by atoms with Gasteiger partial charge in [-0.05, 0) is 30.3 Å². The molecule has 1 N–H and O–H groups in total. The van der Waals surface area contributed by atoms with Crippen molar-refractivity contribution in [2.75, 3.05) is 0 Å². The molecule has 3 aromatic rings. The summed E-state index contributed by atoms with van der Waals surface area (Å²) < 4.78 is 13.1. The highest BCUT2D eigenvalue weighted by atomic mass is 19.1. The van der Waals surface area contributed by atoms with Crippen molar-refractivity contribution >= 4 is 11.0 Å². The Labute approximate surface area is 91.8 Å². The van der Waals surface area contributed by atoms with E-state index in [1.807, 2.05) is 24.3 Å². The van der Waals surface area contributed by atoms with E-state index in [4.69, 9.17) is 0 Å². The van der Waals surface area contributed by atoms with Gasteiger partial charge in [-0.15, -0.1) is 0 Å². The lowest BCUT2D eigenvalue weighted by atomic mass is 10.1. The second kappa shape index (κ2) is 3.45. The van der Waals surface area contributed by atoms with Crippen LogP contribution in [-0.4, -0.2) is 9.97 Å². The Morgan fingerprint density at radius 2 is 2.00 bits per heavy atom. The molecule has 0 amide bonds. The minimum absolute atomic E-state index is 0.232. The molecule has 0 spiro atoms. The first kappa shape index (κ1) is 9.09. The Morgan fingerprint density at radius 3 is 2.81 bits per heavy atom. The number of rotatable bonds is 1. The van der Waals surface area contributed by atoms with Crippen molar-refractivity contribution in [3.8, 4) is 11.3 Å². The van der Waals surface area contributed by atoms with Crippen LogP contribution in [0.5, 0.6) is 0 Å². The van der Waals surface area contributed by atoms with E-state index in [9.17, 15) is 4.39 Å². The second-order valence-electron chi connectivity index (χ2n) is 3.63. The fourth-order valence-electron chi connectivity index (χ4n) is 1.77. The van der Waals surface area contributed by atoms with Crippen molar-refractivity contribution in [2.24, 2.45) is 0 Å². The summed E-state index contributed by atoms with van der Waals surface area (Å²) in [7, 11) is 0. The number of nitrogens with zero attached hydrogens (tertiary/aromatic N) is 1. The van der Waals surface area contributed by atoms with Gasteiger partial charge in [0.1, 0.15) is 5.82 Å². The van der Waals surface area contributed by atoms with Crippen molar-refractivity contribution < 1.29 is 4.39 Å². The average molecular weight is 212 g/mol. The van der Waals surface area contributed by atoms with Crippen molar-refractivity contribution in [2.45, 2.75) is 0 Å². The molecule has 0 aliphatic carbocycles. The van der Waals surface area contributed by atoms with E-state index < -0.39 is 0 Å². The highest BCUT2D eigenvalue weighted by Gasteiger charge is 2.03. The molecule has 78 valence electrons. The van der Waals surface area contributed by atoms with E-state index in [2.05, 4.69) is 9.97 Å². The fraction of sp³-hybridized carbons (Fsp3) is 0. The van der Waals surface area contributed by atoms with Crippen LogP contribution in [0.1, 0.15) is 0 Å². The molecule has 2 aromatic heterocycles. The molecule has 0 atom stereocenters. The zero-order valence-electron chi connectivity index (χ0n) is 8.44. The molecule has 2 heterocycles. The van der Waals surface area contributed by atoms with Crippen molar-refractivity contribution in [3.05, 3.63) is 54.5 Å². The first-order valence-electron chi connectivity index (χ1n) is 5.02. The van der Waals surface area contributed by atoms with E-state index in [0.717, 1.165) is 22.3 Å². The Bertz CT molecular complexity index is 610. The molecule has 0 bridgehead atoms. The van der Waals surface area contributed by atoms with Crippen molar-refractivity contribution in [3.63, 3.8) is 0 Å². The van der Waals surface area contributed by atoms with Gasteiger partial charge in [-0.2, -0.15) is 0 Å². The van der Waals surface area contributed by atoms with E-state index in [1.165, 1.54) is 12.1 Å². The first-order chi connectivity index (χ1) is 7.83. The molecule has 16 heavy (non-hydrogen) atoms. The average Bonchev–Trinajstić information content (AvgIpc) is 2.72. The maximum atomic E-state index is 13.1. The van der Waals surface area contributed by atoms with E-state index in [0.29, 0.717) is 0 Å². The van der Waals surface area contributed by atoms with Crippen LogP contribution >= 0.6 is 0 Å². The molecule has 3 heteroatoms. The summed E-state index contributed by atoms with van der Waals surface area (Å²) in [5.41, 5.74) is 3.56. The molecule has 1 aromatic carbocycles. The zero-order valence-corrected chi connectivity index (χ0v) is 8.44. The summed E-state index contributed by atoms with van der Waals surface area (Å²) in [5, 5.41) is 0. The number of benzene rings is 1. The summed E-state index contributed by atoms with van der Waals surface area (Å²) in [5.74, 6) is -0.232. The summed E-state index contributed by atoms with van der Waals surface area (Å²) in [4.78, 5) is 7.43. The molecule has 2 nitrogen and oxygen atoms in total. The quantitative estimate of drug-likeness (QED) is 0.658. The van der Waals surface area contributed by atoms with Crippen LogP contribution in [0, 0.1) is 5.82 Å². The molecule has 3 rings (SSSR count). The van der Waals surface area contributed by atoms with Gasteiger partial charge in [0.05, 0.1) is 11.0 Å². The first-order valence-corrected chi connectivity index (χ1v) is 5.02. The van der Waals surface area contributed by atoms with Gasteiger partial charge in [0, 0.05) is 17.5 Å². The highest BCUT2D eigenvalue weighted by Crippen LogP contribution is 2.22. The standard InChI is InChI=1S/C13H9FN2/c14-10-4-1-3-9(7-10)12-8-13-11(16-12)5-2-6-15-13/h1-8,16H. The SMILES string of the molecule is Fc1cccc(-c2cc3ncccc3[nH]2)c1. The summed E-state index contributed by atoms with van der Waals surface area (Å²) in [6.45, 7) is 0. The number of H-pyrrole nitrogens is 1. The van der Waals surface area contributed by atoms with Crippen molar-refractivity contribution in [1.29, 1.82) is 0 Å². The minimum Gasteiger partial charge on any atom is -0.353 e. The number of nitrogens with one attached hydrogen (secondary N) is 1. The monoisotopic (exact) mass is 212 g/mol. The molecule has 0 saturated carbocycles. The Kier molecular flexibility index (Phi) is 1.96. The lowest BCUT2D eigenvalue weighted by molar-refractivity contribution is 0.628. The highest BCUT2D eigenvalue weighted by molar-refractivity contribution is 5.82. The van der Waals surface area contributed by atoms with Gasteiger partial charge in [-0.3, -0.25) is 4.98 Å². The second-order valence-corrected chi connectivity index (χ2v) is 3.63. The normalized spacial score (nSPS) is 10.8. The molecule has 0 unspecified atom stereocenters. The summed E-state index contributed by atoms with van der Waals surface area (Å²) >= 11 is 0. The number of aromatic nitrogens is 2. The lowest BCUT2D eigenvalue weighted by Crippen LogP contribution is -1.78.